The molecule has 1 fully saturated rings. The van der Waals surface area contributed by atoms with Gasteiger partial charge in [-0.2, -0.15) is 0 Å². The van der Waals surface area contributed by atoms with Crippen LogP contribution in [0.25, 0.3) is 0 Å². The second-order valence-electron chi connectivity index (χ2n) is 9.94. The lowest BCUT2D eigenvalue weighted by Gasteiger charge is -2.34. The van der Waals surface area contributed by atoms with Crippen molar-refractivity contribution < 1.29 is 19.5 Å². The summed E-state index contributed by atoms with van der Waals surface area (Å²) in [6.45, 7) is 6.26. The first-order valence-corrected chi connectivity index (χ1v) is 12.5. The normalized spacial score (nSPS) is 26.9. The fourth-order valence-electron chi connectivity index (χ4n) is 5.68. The van der Waals surface area contributed by atoms with Gasteiger partial charge in [0.05, 0.1) is 24.5 Å². The minimum absolute atomic E-state index is 0.0548. The van der Waals surface area contributed by atoms with Gasteiger partial charge < -0.3 is 20.6 Å². The summed E-state index contributed by atoms with van der Waals surface area (Å²) in [5.74, 6) is -2.00. The second kappa shape index (κ2) is 11.6. The van der Waals surface area contributed by atoms with Gasteiger partial charge in [-0.15, -0.1) is 0 Å². The molecule has 186 valence electrons. The maximum absolute atomic E-state index is 13.9. The molecule has 1 aromatic carbocycles. The molecule has 1 aliphatic carbocycles. The number of allylic oxidation sites excluding steroid dienone is 1. The second-order valence-corrected chi connectivity index (χ2v) is 9.94. The average molecular weight is 470 g/mol. The Morgan fingerprint density at radius 2 is 1.82 bits per heavy atom. The van der Waals surface area contributed by atoms with Crippen molar-refractivity contribution in [1.82, 2.24) is 15.5 Å². The topological polar surface area (TPSA) is 98.7 Å². The van der Waals surface area contributed by atoms with Gasteiger partial charge in [-0.1, -0.05) is 69.7 Å². The first-order chi connectivity index (χ1) is 16.3. The highest BCUT2D eigenvalue weighted by molar-refractivity contribution is 5.97. The molecule has 2 aliphatic rings. The summed E-state index contributed by atoms with van der Waals surface area (Å²) in [7, 11) is 1.59. The molecule has 0 radical (unpaired) electrons. The lowest BCUT2D eigenvalue weighted by molar-refractivity contribution is -0.143. The Hall–Kier alpha value is -2.67. The summed E-state index contributed by atoms with van der Waals surface area (Å²) in [5, 5.41) is 16.0. The van der Waals surface area contributed by atoms with Crippen molar-refractivity contribution in [2.24, 2.45) is 29.6 Å². The Morgan fingerprint density at radius 1 is 1.12 bits per heavy atom. The van der Waals surface area contributed by atoms with Crippen LogP contribution in [-0.4, -0.2) is 53.5 Å². The summed E-state index contributed by atoms with van der Waals surface area (Å²) in [6.07, 6.45) is 6.27. The summed E-state index contributed by atoms with van der Waals surface area (Å²) in [6, 6.07) is 8.39. The van der Waals surface area contributed by atoms with E-state index in [1.54, 1.807) is 11.9 Å². The quantitative estimate of drug-likeness (QED) is 0.459. The number of aliphatic hydroxyl groups is 1. The van der Waals surface area contributed by atoms with Gasteiger partial charge in [-0.3, -0.25) is 14.4 Å². The number of carbonyl (C=O) groups is 3. The van der Waals surface area contributed by atoms with Crippen LogP contribution in [0.1, 0.15) is 45.6 Å². The minimum Gasteiger partial charge on any atom is -0.394 e. The Labute approximate surface area is 203 Å². The van der Waals surface area contributed by atoms with E-state index in [1.807, 2.05) is 56.3 Å². The maximum atomic E-state index is 13.9. The number of amides is 3. The van der Waals surface area contributed by atoms with Crippen molar-refractivity contribution in [3.63, 3.8) is 0 Å². The number of benzene rings is 1. The van der Waals surface area contributed by atoms with Gasteiger partial charge in [-0.25, -0.2) is 0 Å². The number of fused-ring (bicyclic) bond motifs is 1. The number of nitrogens with one attached hydrogen (secondary N) is 2. The van der Waals surface area contributed by atoms with E-state index < -0.39 is 29.8 Å². The Bertz CT molecular complexity index is 885. The van der Waals surface area contributed by atoms with E-state index in [9.17, 15) is 19.5 Å². The van der Waals surface area contributed by atoms with E-state index in [2.05, 4.69) is 17.6 Å². The molecule has 6 atom stereocenters. The summed E-state index contributed by atoms with van der Waals surface area (Å²) >= 11 is 0. The van der Waals surface area contributed by atoms with Crippen LogP contribution in [0.5, 0.6) is 0 Å². The van der Waals surface area contributed by atoms with Crippen LogP contribution in [0.4, 0.5) is 0 Å². The van der Waals surface area contributed by atoms with Crippen LogP contribution in [-0.2, 0) is 20.9 Å². The van der Waals surface area contributed by atoms with Gasteiger partial charge in [0.15, 0.2) is 0 Å². The van der Waals surface area contributed by atoms with Crippen molar-refractivity contribution in [2.75, 3.05) is 13.7 Å². The predicted octanol–water partition coefficient (Wildman–Crippen LogP) is 2.50. The first kappa shape index (κ1) is 25.9. The molecule has 0 unspecified atom stereocenters. The highest BCUT2D eigenvalue weighted by Crippen LogP contribution is 2.46. The van der Waals surface area contributed by atoms with Gasteiger partial charge in [0.2, 0.25) is 17.7 Å². The van der Waals surface area contributed by atoms with Crippen molar-refractivity contribution in [3.8, 4) is 0 Å². The van der Waals surface area contributed by atoms with Gasteiger partial charge in [0.25, 0.3) is 0 Å². The predicted molar refractivity (Wildman–Crippen MR) is 131 cm³/mol. The third-order valence-electron chi connectivity index (χ3n) is 7.14. The molecule has 3 N–H and O–H groups in total. The number of carbonyl (C=O) groups excluding carboxylic acids is 3. The van der Waals surface area contributed by atoms with Crippen LogP contribution in [0.2, 0.25) is 0 Å². The Kier molecular flexibility index (Phi) is 8.89. The van der Waals surface area contributed by atoms with E-state index in [1.165, 1.54) is 0 Å². The molecular formula is C27H39N3O4. The third kappa shape index (κ3) is 5.35. The standard InChI is InChI=1S/C27H39N3O4/c1-5-9-19-12-13-21-23(22(19)25(32)28-4)27(34)30(20(16-31)14-17(2)3)24(21)26(33)29-15-18-10-7-6-8-11-18/h6-8,10-13,17,19-24,31H,5,9,14-16H2,1-4H3,(H,28,32)(H,29,33)/t19-,20-,21+,22-,23+,24+/m1/s1. The molecule has 0 saturated carbocycles. The van der Waals surface area contributed by atoms with Crippen LogP contribution >= 0.6 is 0 Å². The van der Waals surface area contributed by atoms with E-state index in [0.29, 0.717) is 13.0 Å². The smallest absolute Gasteiger partial charge is 0.243 e. The SMILES string of the molecule is CCC[C@@H]1C=C[C@H]2[C@H](C(=O)N([C@@H](CO)CC(C)C)[C@@H]2C(=O)NCc2ccccc2)[C@@H]1C(=O)NC. The van der Waals surface area contributed by atoms with Crippen molar-refractivity contribution in [3.05, 3.63) is 48.0 Å². The van der Waals surface area contributed by atoms with E-state index >= 15 is 0 Å². The molecule has 7 nitrogen and oxygen atoms in total. The number of hydrogen-bond donors (Lipinski definition) is 3. The largest absolute Gasteiger partial charge is 0.394 e. The molecule has 7 heteroatoms. The van der Waals surface area contributed by atoms with Gasteiger partial charge in [0, 0.05) is 19.5 Å². The molecule has 1 saturated heterocycles. The zero-order valence-electron chi connectivity index (χ0n) is 20.7. The van der Waals surface area contributed by atoms with E-state index in [-0.39, 0.29) is 36.2 Å². The van der Waals surface area contributed by atoms with E-state index in [4.69, 9.17) is 0 Å². The van der Waals surface area contributed by atoms with Crippen molar-refractivity contribution in [1.29, 1.82) is 0 Å². The summed E-state index contributed by atoms with van der Waals surface area (Å²) in [5.41, 5.74) is 0.967. The molecule has 0 bridgehead atoms. The molecule has 1 heterocycles. The van der Waals surface area contributed by atoms with Gasteiger partial charge in [0.1, 0.15) is 6.04 Å². The zero-order valence-corrected chi connectivity index (χ0v) is 20.7. The first-order valence-electron chi connectivity index (χ1n) is 12.5. The molecule has 0 spiro atoms. The summed E-state index contributed by atoms with van der Waals surface area (Å²) in [4.78, 5) is 42.1. The number of rotatable bonds is 10. The highest BCUT2D eigenvalue weighted by atomic mass is 16.3. The Morgan fingerprint density at radius 3 is 2.41 bits per heavy atom. The Balaban J connectivity index is 1.98. The molecule has 1 aliphatic heterocycles. The lowest BCUT2D eigenvalue weighted by atomic mass is 9.68. The fourth-order valence-corrected chi connectivity index (χ4v) is 5.68. The van der Waals surface area contributed by atoms with Gasteiger partial charge in [-0.05, 0) is 30.2 Å². The number of aliphatic hydroxyl groups excluding tert-OH is 1. The molecule has 3 amide bonds. The highest BCUT2D eigenvalue weighted by Gasteiger charge is 2.58. The molecule has 34 heavy (non-hydrogen) atoms. The van der Waals surface area contributed by atoms with Crippen LogP contribution in [0, 0.1) is 29.6 Å². The van der Waals surface area contributed by atoms with Crippen molar-refractivity contribution in [2.45, 2.75) is 58.7 Å². The molecule has 3 rings (SSSR count). The van der Waals surface area contributed by atoms with E-state index in [0.717, 1.165) is 18.4 Å². The maximum Gasteiger partial charge on any atom is 0.243 e. The molecule has 1 aromatic rings. The van der Waals surface area contributed by atoms with Crippen LogP contribution in [0.15, 0.2) is 42.5 Å². The van der Waals surface area contributed by atoms with Crippen LogP contribution in [0.3, 0.4) is 0 Å². The lowest BCUT2D eigenvalue weighted by Crippen LogP contribution is -2.52. The van der Waals surface area contributed by atoms with Crippen LogP contribution < -0.4 is 10.6 Å². The summed E-state index contributed by atoms with van der Waals surface area (Å²) < 4.78 is 0. The zero-order chi connectivity index (χ0) is 24.8. The molecule has 0 aromatic heterocycles. The fraction of sp³-hybridized carbons (Fsp3) is 0.593. The monoisotopic (exact) mass is 469 g/mol. The number of hydrogen-bond acceptors (Lipinski definition) is 4. The average Bonchev–Trinajstić information content (AvgIpc) is 3.13. The molecular weight excluding hydrogens is 430 g/mol. The number of likely N-dealkylation sites (tertiary alicyclic amines) is 1. The third-order valence-corrected chi connectivity index (χ3v) is 7.14. The minimum atomic E-state index is -0.761. The van der Waals surface area contributed by atoms with Gasteiger partial charge >= 0.3 is 0 Å². The number of nitrogens with zero attached hydrogens (tertiary/aromatic N) is 1. The van der Waals surface area contributed by atoms with Crippen molar-refractivity contribution >= 4 is 17.7 Å².